The van der Waals surface area contributed by atoms with E-state index < -0.39 is 0 Å². The summed E-state index contributed by atoms with van der Waals surface area (Å²) in [6, 6.07) is 13.4. The minimum absolute atomic E-state index is 0.601. The van der Waals surface area contributed by atoms with E-state index in [0.717, 1.165) is 17.1 Å². The first-order valence-electron chi connectivity index (χ1n) is 6.74. The van der Waals surface area contributed by atoms with Crippen LogP contribution in [0, 0.1) is 0 Å². The Labute approximate surface area is 123 Å². The van der Waals surface area contributed by atoms with Crippen molar-refractivity contribution in [2.24, 2.45) is 0 Å². The molecule has 0 spiro atoms. The number of ether oxygens (including phenoxy) is 2. The van der Waals surface area contributed by atoms with Crippen LogP contribution in [0.4, 0.5) is 0 Å². The number of pyridine rings is 1. The number of hydrogen-bond donors (Lipinski definition) is 1. The van der Waals surface area contributed by atoms with Gasteiger partial charge in [-0.3, -0.25) is 4.40 Å². The van der Waals surface area contributed by atoms with E-state index in [2.05, 4.69) is 10.3 Å². The maximum absolute atomic E-state index is 5.94. The first-order chi connectivity index (χ1) is 10.3. The maximum Gasteiger partial charge on any atom is 0.242 e. The lowest BCUT2D eigenvalue weighted by molar-refractivity contribution is 0.407. The first-order valence-corrected chi connectivity index (χ1v) is 6.74. The zero-order chi connectivity index (χ0) is 14.7. The third-order valence-electron chi connectivity index (χ3n) is 3.19. The quantitative estimate of drug-likeness (QED) is 0.782. The van der Waals surface area contributed by atoms with E-state index in [0.29, 0.717) is 18.2 Å². The molecule has 0 aliphatic heterocycles. The molecule has 21 heavy (non-hydrogen) atoms. The molecule has 1 aromatic carbocycles. The molecule has 0 aliphatic rings. The van der Waals surface area contributed by atoms with Crippen molar-refractivity contribution in [3.63, 3.8) is 0 Å². The van der Waals surface area contributed by atoms with Crippen LogP contribution in [0.1, 0.15) is 5.69 Å². The average Bonchev–Trinajstić information content (AvgIpc) is 2.86. The molecule has 108 valence electrons. The van der Waals surface area contributed by atoms with Gasteiger partial charge < -0.3 is 14.8 Å². The van der Waals surface area contributed by atoms with Gasteiger partial charge in [-0.2, -0.15) is 4.98 Å². The molecule has 0 unspecified atom stereocenters. The lowest BCUT2D eigenvalue weighted by Crippen LogP contribution is -2.08. The Balaban J connectivity index is 2.00. The summed E-state index contributed by atoms with van der Waals surface area (Å²) in [7, 11) is 3.54. The van der Waals surface area contributed by atoms with Crippen molar-refractivity contribution in [2.75, 3.05) is 14.2 Å². The highest BCUT2D eigenvalue weighted by molar-refractivity contribution is 5.47. The monoisotopic (exact) mass is 283 g/mol. The summed E-state index contributed by atoms with van der Waals surface area (Å²) in [5.74, 6) is 2.06. The predicted octanol–water partition coefficient (Wildman–Crippen LogP) is 2.85. The molecule has 0 bridgehead atoms. The summed E-state index contributed by atoms with van der Waals surface area (Å²) >= 11 is 0. The van der Waals surface area contributed by atoms with E-state index in [1.54, 1.807) is 7.11 Å². The second-order valence-electron chi connectivity index (χ2n) is 4.60. The first kappa shape index (κ1) is 13.5. The molecule has 0 saturated heterocycles. The maximum atomic E-state index is 5.94. The summed E-state index contributed by atoms with van der Waals surface area (Å²) in [6.07, 6.45) is 1.98. The molecule has 2 heterocycles. The van der Waals surface area contributed by atoms with Gasteiger partial charge in [0.15, 0.2) is 0 Å². The molecular weight excluding hydrogens is 266 g/mol. The lowest BCUT2D eigenvalue weighted by atomic mass is 10.3. The van der Waals surface area contributed by atoms with Crippen molar-refractivity contribution in [1.29, 1.82) is 0 Å². The minimum Gasteiger partial charge on any atom is -0.497 e. The van der Waals surface area contributed by atoms with Crippen LogP contribution in [0.15, 0.2) is 48.7 Å². The third kappa shape index (κ3) is 2.68. The summed E-state index contributed by atoms with van der Waals surface area (Å²) in [5, 5.41) is 3.15. The van der Waals surface area contributed by atoms with Gasteiger partial charge in [0, 0.05) is 18.8 Å². The zero-order valence-corrected chi connectivity index (χ0v) is 12.0. The highest BCUT2D eigenvalue weighted by Gasteiger charge is 2.13. The van der Waals surface area contributed by atoms with Gasteiger partial charge in [0.05, 0.1) is 7.11 Å². The number of nitrogens with one attached hydrogen (secondary N) is 1. The Morgan fingerprint density at radius 1 is 1.14 bits per heavy atom. The van der Waals surface area contributed by atoms with E-state index >= 15 is 0 Å². The smallest absolute Gasteiger partial charge is 0.242 e. The molecule has 3 aromatic rings. The fourth-order valence-electron chi connectivity index (χ4n) is 2.21. The molecule has 5 nitrogen and oxygen atoms in total. The number of nitrogens with zero attached hydrogens (tertiary/aromatic N) is 2. The van der Waals surface area contributed by atoms with Gasteiger partial charge in [-0.05, 0) is 31.3 Å². The molecule has 0 amide bonds. The molecule has 2 aromatic heterocycles. The van der Waals surface area contributed by atoms with Gasteiger partial charge in [-0.1, -0.05) is 12.1 Å². The number of hydrogen-bond acceptors (Lipinski definition) is 4. The third-order valence-corrected chi connectivity index (χ3v) is 3.19. The topological polar surface area (TPSA) is 47.8 Å². The van der Waals surface area contributed by atoms with Crippen LogP contribution in [-0.4, -0.2) is 23.5 Å². The Morgan fingerprint density at radius 2 is 2.00 bits per heavy atom. The second kappa shape index (κ2) is 5.85. The number of fused-ring (bicyclic) bond motifs is 1. The van der Waals surface area contributed by atoms with E-state index in [4.69, 9.17) is 9.47 Å². The van der Waals surface area contributed by atoms with Crippen molar-refractivity contribution >= 4 is 5.65 Å². The standard InChI is InChI=1S/C16H17N3O2/c1-17-11-14-16(18-15-8-3-4-9-19(14)15)21-13-7-5-6-12(10-13)20-2/h3-10,17H,11H2,1-2H3. The van der Waals surface area contributed by atoms with Crippen LogP contribution in [0.3, 0.4) is 0 Å². The molecule has 0 saturated carbocycles. The van der Waals surface area contributed by atoms with Crippen LogP contribution in [0.25, 0.3) is 5.65 Å². The molecule has 0 aliphatic carbocycles. The van der Waals surface area contributed by atoms with Crippen LogP contribution < -0.4 is 14.8 Å². The van der Waals surface area contributed by atoms with E-state index in [1.165, 1.54) is 0 Å². The number of imidazole rings is 1. The normalized spacial score (nSPS) is 10.8. The van der Waals surface area contributed by atoms with E-state index in [1.807, 2.05) is 60.1 Å². The van der Waals surface area contributed by atoms with Crippen molar-refractivity contribution in [2.45, 2.75) is 6.54 Å². The fraction of sp³-hybridized carbons (Fsp3) is 0.188. The van der Waals surface area contributed by atoms with Crippen LogP contribution in [-0.2, 0) is 6.54 Å². The van der Waals surface area contributed by atoms with Gasteiger partial charge in [0.2, 0.25) is 5.88 Å². The zero-order valence-electron chi connectivity index (χ0n) is 12.0. The Kier molecular flexibility index (Phi) is 3.75. The number of benzene rings is 1. The fourth-order valence-corrected chi connectivity index (χ4v) is 2.21. The highest BCUT2D eigenvalue weighted by Crippen LogP contribution is 2.28. The van der Waals surface area contributed by atoms with Crippen molar-refractivity contribution in [3.8, 4) is 17.4 Å². The number of aromatic nitrogens is 2. The Morgan fingerprint density at radius 3 is 2.81 bits per heavy atom. The summed E-state index contributed by atoms with van der Waals surface area (Å²) < 4.78 is 13.2. The summed E-state index contributed by atoms with van der Waals surface area (Å²) in [5.41, 5.74) is 1.84. The molecule has 3 rings (SSSR count). The van der Waals surface area contributed by atoms with Crippen LogP contribution in [0.2, 0.25) is 0 Å². The van der Waals surface area contributed by atoms with Gasteiger partial charge in [0.25, 0.3) is 0 Å². The number of methoxy groups -OCH3 is 1. The second-order valence-corrected chi connectivity index (χ2v) is 4.60. The van der Waals surface area contributed by atoms with Crippen molar-refractivity contribution in [3.05, 3.63) is 54.4 Å². The predicted molar refractivity (Wildman–Crippen MR) is 81.0 cm³/mol. The van der Waals surface area contributed by atoms with Gasteiger partial charge in [0.1, 0.15) is 22.8 Å². The van der Waals surface area contributed by atoms with Crippen LogP contribution in [0.5, 0.6) is 17.4 Å². The minimum atomic E-state index is 0.601. The van der Waals surface area contributed by atoms with Crippen LogP contribution >= 0.6 is 0 Å². The average molecular weight is 283 g/mol. The number of rotatable bonds is 5. The van der Waals surface area contributed by atoms with Crippen molar-refractivity contribution in [1.82, 2.24) is 14.7 Å². The molecule has 5 heteroatoms. The van der Waals surface area contributed by atoms with Gasteiger partial charge in [-0.25, -0.2) is 0 Å². The molecule has 0 radical (unpaired) electrons. The highest BCUT2D eigenvalue weighted by atomic mass is 16.5. The summed E-state index contributed by atoms with van der Waals surface area (Å²) in [6.45, 7) is 0.671. The molecule has 0 atom stereocenters. The lowest BCUT2D eigenvalue weighted by Gasteiger charge is -2.07. The molecule has 0 fully saturated rings. The van der Waals surface area contributed by atoms with Gasteiger partial charge >= 0.3 is 0 Å². The molecule has 1 N–H and O–H groups in total. The SMILES string of the molecule is CNCc1c(Oc2cccc(OC)c2)nc2ccccn12. The van der Waals surface area contributed by atoms with E-state index in [9.17, 15) is 0 Å². The Hall–Kier alpha value is -2.53. The van der Waals surface area contributed by atoms with Gasteiger partial charge in [-0.15, -0.1) is 0 Å². The Bertz CT molecular complexity index is 752. The summed E-state index contributed by atoms with van der Waals surface area (Å²) in [4.78, 5) is 4.54. The van der Waals surface area contributed by atoms with E-state index in [-0.39, 0.29) is 0 Å². The van der Waals surface area contributed by atoms with Crippen molar-refractivity contribution < 1.29 is 9.47 Å². The largest absolute Gasteiger partial charge is 0.497 e. The molecular formula is C16H17N3O2.